The van der Waals surface area contributed by atoms with Crippen molar-refractivity contribution in [1.82, 2.24) is 9.55 Å². The van der Waals surface area contributed by atoms with Gasteiger partial charge in [0.25, 0.3) is 0 Å². The smallest absolute Gasteiger partial charge is 0.167 e. The number of methoxy groups -OCH3 is 1. The maximum atomic E-state index is 5.63. The highest BCUT2D eigenvalue weighted by molar-refractivity contribution is 7.80. The molecule has 19 heavy (non-hydrogen) atoms. The Bertz CT molecular complexity index is 551. The molecule has 0 atom stereocenters. The van der Waals surface area contributed by atoms with Crippen molar-refractivity contribution >= 4 is 17.2 Å². The Morgan fingerprint density at radius 1 is 1.32 bits per heavy atom. The van der Waals surface area contributed by atoms with Gasteiger partial charge in [0.2, 0.25) is 0 Å². The number of nitrogens with two attached hydrogens (primary N) is 1. The number of nitrogens with zero attached hydrogens (tertiary/aromatic N) is 2. The third kappa shape index (κ3) is 3.45. The molecule has 0 spiro atoms. The Labute approximate surface area is 117 Å². The largest absolute Gasteiger partial charge is 0.497 e. The molecular formula is C13H15N3O2S. The minimum absolute atomic E-state index is 0.287. The van der Waals surface area contributed by atoms with Crippen LogP contribution in [0.25, 0.3) is 0 Å². The highest BCUT2D eigenvalue weighted by Gasteiger charge is 2.05. The van der Waals surface area contributed by atoms with Gasteiger partial charge in [0.1, 0.15) is 23.1 Å². The molecule has 2 N–H and O–H groups in total. The summed E-state index contributed by atoms with van der Waals surface area (Å²) >= 11 is 4.91. The van der Waals surface area contributed by atoms with Crippen molar-refractivity contribution < 1.29 is 9.47 Å². The van der Waals surface area contributed by atoms with E-state index in [1.54, 1.807) is 13.3 Å². The molecule has 1 heterocycles. The van der Waals surface area contributed by atoms with Crippen molar-refractivity contribution in [2.24, 2.45) is 5.73 Å². The second-order valence-electron chi connectivity index (χ2n) is 3.83. The quantitative estimate of drug-likeness (QED) is 0.813. The zero-order valence-electron chi connectivity index (χ0n) is 10.6. The Morgan fingerprint density at radius 3 is 2.63 bits per heavy atom. The highest BCUT2D eigenvalue weighted by Crippen LogP contribution is 2.16. The average Bonchev–Trinajstić information content (AvgIpc) is 2.88. The van der Waals surface area contributed by atoms with E-state index < -0.39 is 0 Å². The van der Waals surface area contributed by atoms with Crippen LogP contribution in [-0.2, 0) is 6.54 Å². The van der Waals surface area contributed by atoms with Crippen LogP contribution in [0.4, 0.5) is 0 Å². The van der Waals surface area contributed by atoms with Gasteiger partial charge in [-0.25, -0.2) is 4.98 Å². The molecule has 0 bridgehead atoms. The molecule has 6 heteroatoms. The fraction of sp³-hybridized carbons (Fsp3) is 0.231. The second-order valence-corrected chi connectivity index (χ2v) is 4.27. The minimum Gasteiger partial charge on any atom is -0.497 e. The number of thiocarbonyl (C=S) groups is 1. The van der Waals surface area contributed by atoms with Crippen LogP contribution >= 0.6 is 12.2 Å². The van der Waals surface area contributed by atoms with E-state index in [0.717, 1.165) is 11.5 Å². The Morgan fingerprint density at radius 2 is 2.00 bits per heavy atom. The van der Waals surface area contributed by atoms with Crippen molar-refractivity contribution in [1.29, 1.82) is 0 Å². The maximum absolute atomic E-state index is 5.63. The number of imidazole rings is 1. The van der Waals surface area contributed by atoms with Gasteiger partial charge in [-0.15, -0.1) is 0 Å². The monoisotopic (exact) mass is 277 g/mol. The predicted molar refractivity (Wildman–Crippen MR) is 76.6 cm³/mol. The molecule has 2 aromatic rings. The van der Waals surface area contributed by atoms with Crippen LogP contribution < -0.4 is 15.2 Å². The molecule has 1 aromatic heterocycles. The van der Waals surface area contributed by atoms with Gasteiger partial charge in [0.05, 0.1) is 13.7 Å². The van der Waals surface area contributed by atoms with Gasteiger partial charge in [-0.1, -0.05) is 12.2 Å². The summed E-state index contributed by atoms with van der Waals surface area (Å²) in [4.78, 5) is 4.38. The van der Waals surface area contributed by atoms with E-state index >= 15 is 0 Å². The van der Waals surface area contributed by atoms with Crippen LogP contribution in [0.2, 0.25) is 0 Å². The van der Waals surface area contributed by atoms with E-state index in [0.29, 0.717) is 19.0 Å². The number of benzene rings is 1. The standard InChI is InChI=1S/C13H15N3O2S/c1-17-10-2-4-11(5-3-10)18-9-8-16-7-6-15-13(16)12(14)19/h2-7H,8-9H2,1H3,(H2,14,19). The van der Waals surface area contributed by atoms with Crippen LogP contribution in [0.5, 0.6) is 11.5 Å². The second kappa shape index (κ2) is 6.19. The van der Waals surface area contributed by atoms with E-state index in [9.17, 15) is 0 Å². The van der Waals surface area contributed by atoms with E-state index in [1.165, 1.54) is 0 Å². The third-order valence-corrected chi connectivity index (χ3v) is 2.78. The molecule has 2 rings (SSSR count). The van der Waals surface area contributed by atoms with E-state index in [2.05, 4.69) is 4.98 Å². The highest BCUT2D eigenvalue weighted by atomic mass is 32.1. The van der Waals surface area contributed by atoms with Gasteiger partial charge in [0.15, 0.2) is 5.82 Å². The van der Waals surface area contributed by atoms with Gasteiger partial charge < -0.3 is 19.8 Å². The van der Waals surface area contributed by atoms with Crippen molar-refractivity contribution in [3.63, 3.8) is 0 Å². The van der Waals surface area contributed by atoms with Crippen LogP contribution in [0.3, 0.4) is 0 Å². The molecular weight excluding hydrogens is 262 g/mol. The van der Waals surface area contributed by atoms with E-state index in [1.807, 2.05) is 35.0 Å². The number of hydrogen-bond acceptors (Lipinski definition) is 4. The molecule has 1 aromatic carbocycles. The number of ether oxygens (including phenoxy) is 2. The van der Waals surface area contributed by atoms with Gasteiger partial charge in [-0.3, -0.25) is 0 Å². The zero-order chi connectivity index (χ0) is 13.7. The lowest BCUT2D eigenvalue weighted by Crippen LogP contribution is -2.19. The number of rotatable bonds is 6. The molecule has 0 saturated carbocycles. The Hall–Kier alpha value is -2.08. The zero-order valence-corrected chi connectivity index (χ0v) is 11.4. The summed E-state index contributed by atoms with van der Waals surface area (Å²) < 4.78 is 12.6. The molecule has 0 unspecified atom stereocenters. The lowest BCUT2D eigenvalue weighted by atomic mass is 10.3. The minimum atomic E-state index is 0.287. The molecule has 5 nitrogen and oxygen atoms in total. The van der Waals surface area contributed by atoms with Gasteiger partial charge in [0, 0.05) is 12.4 Å². The number of hydrogen-bond donors (Lipinski definition) is 1. The SMILES string of the molecule is COc1ccc(OCCn2ccnc2C(N)=S)cc1. The van der Waals surface area contributed by atoms with Crippen LogP contribution in [0.1, 0.15) is 5.82 Å². The predicted octanol–water partition coefficient (Wildman–Crippen LogP) is 1.60. The first kappa shape index (κ1) is 13.4. The lowest BCUT2D eigenvalue weighted by molar-refractivity contribution is 0.297. The number of aromatic nitrogens is 2. The van der Waals surface area contributed by atoms with Crippen LogP contribution in [0, 0.1) is 0 Å². The first-order valence-corrected chi connectivity index (χ1v) is 6.19. The first-order valence-electron chi connectivity index (χ1n) is 5.78. The molecule has 0 aliphatic rings. The molecule has 0 aliphatic carbocycles. The van der Waals surface area contributed by atoms with Crippen LogP contribution in [0.15, 0.2) is 36.7 Å². The Kier molecular flexibility index (Phi) is 4.35. The molecule has 0 radical (unpaired) electrons. The van der Waals surface area contributed by atoms with Gasteiger partial charge >= 0.3 is 0 Å². The summed E-state index contributed by atoms with van der Waals surface area (Å²) in [5.41, 5.74) is 5.57. The van der Waals surface area contributed by atoms with Crippen molar-refractivity contribution in [2.45, 2.75) is 6.54 Å². The van der Waals surface area contributed by atoms with Crippen molar-refractivity contribution in [2.75, 3.05) is 13.7 Å². The molecule has 0 aliphatic heterocycles. The summed E-state index contributed by atoms with van der Waals surface area (Å²) in [6.45, 7) is 1.15. The van der Waals surface area contributed by atoms with Gasteiger partial charge in [-0.2, -0.15) is 0 Å². The molecule has 100 valence electrons. The fourth-order valence-electron chi connectivity index (χ4n) is 1.65. The average molecular weight is 277 g/mol. The van der Waals surface area contributed by atoms with Crippen LogP contribution in [-0.4, -0.2) is 28.3 Å². The summed E-state index contributed by atoms with van der Waals surface area (Å²) in [6, 6.07) is 7.43. The summed E-state index contributed by atoms with van der Waals surface area (Å²) in [5, 5.41) is 0. The van der Waals surface area contributed by atoms with E-state index in [4.69, 9.17) is 27.4 Å². The Balaban J connectivity index is 1.89. The van der Waals surface area contributed by atoms with E-state index in [-0.39, 0.29) is 4.99 Å². The molecule has 0 amide bonds. The van der Waals surface area contributed by atoms with Gasteiger partial charge in [-0.05, 0) is 24.3 Å². The summed E-state index contributed by atoms with van der Waals surface area (Å²) in [7, 11) is 1.63. The normalized spacial score (nSPS) is 10.2. The molecule has 0 fully saturated rings. The molecule has 0 saturated heterocycles. The van der Waals surface area contributed by atoms with Crippen molar-refractivity contribution in [3.8, 4) is 11.5 Å². The third-order valence-electron chi connectivity index (χ3n) is 2.60. The summed E-state index contributed by atoms with van der Waals surface area (Å²) in [6.07, 6.45) is 3.49. The lowest BCUT2D eigenvalue weighted by Gasteiger charge is -2.09. The topological polar surface area (TPSA) is 62.3 Å². The summed E-state index contributed by atoms with van der Waals surface area (Å²) in [5.74, 6) is 2.20. The first-order chi connectivity index (χ1) is 9.20. The van der Waals surface area contributed by atoms with Crippen molar-refractivity contribution in [3.05, 3.63) is 42.5 Å². The maximum Gasteiger partial charge on any atom is 0.167 e. The fourth-order valence-corrected chi connectivity index (χ4v) is 1.82.